The summed E-state index contributed by atoms with van der Waals surface area (Å²) in [6.45, 7) is 8.65. The predicted molar refractivity (Wildman–Crippen MR) is 73.1 cm³/mol. The van der Waals surface area contributed by atoms with E-state index >= 15 is 0 Å². The first-order chi connectivity index (χ1) is 8.39. The van der Waals surface area contributed by atoms with Crippen LogP contribution in [0.2, 0.25) is 0 Å². The summed E-state index contributed by atoms with van der Waals surface area (Å²) in [5.41, 5.74) is 0.353. The van der Waals surface area contributed by atoms with Crippen LogP contribution in [0, 0.1) is 5.41 Å². The van der Waals surface area contributed by atoms with E-state index in [2.05, 4.69) is 17.1 Å². The third-order valence-electron chi connectivity index (χ3n) is 4.09. The van der Waals surface area contributed by atoms with Crippen molar-refractivity contribution >= 4 is 10.0 Å². The van der Waals surface area contributed by atoms with Crippen molar-refractivity contribution in [1.82, 2.24) is 14.5 Å². The molecule has 0 spiro atoms. The van der Waals surface area contributed by atoms with Gasteiger partial charge < -0.3 is 10.2 Å². The van der Waals surface area contributed by atoms with Gasteiger partial charge in [0.15, 0.2) is 0 Å². The average Bonchev–Trinajstić information content (AvgIpc) is 2.29. The van der Waals surface area contributed by atoms with E-state index in [0.717, 1.165) is 32.7 Å². The Morgan fingerprint density at radius 2 is 1.89 bits per heavy atom. The molecule has 2 rings (SSSR count). The Kier molecular flexibility index (Phi) is 4.31. The summed E-state index contributed by atoms with van der Waals surface area (Å²) in [4.78, 5) is 2.41. The van der Waals surface area contributed by atoms with Gasteiger partial charge in [-0.05, 0) is 24.8 Å². The van der Waals surface area contributed by atoms with Crippen LogP contribution in [-0.2, 0) is 10.0 Å². The Hall–Kier alpha value is -0.170. The van der Waals surface area contributed by atoms with E-state index in [1.165, 1.54) is 19.1 Å². The average molecular weight is 275 g/mol. The van der Waals surface area contributed by atoms with Crippen LogP contribution in [0.5, 0.6) is 0 Å². The molecule has 0 radical (unpaired) electrons. The van der Waals surface area contributed by atoms with Gasteiger partial charge in [0.25, 0.3) is 0 Å². The highest BCUT2D eigenvalue weighted by molar-refractivity contribution is 7.88. The lowest BCUT2D eigenvalue weighted by Gasteiger charge is -2.41. The maximum atomic E-state index is 11.4. The third-order valence-corrected chi connectivity index (χ3v) is 5.39. The fourth-order valence-electron chi connectivity index (χ4n) is 3.01. The van der Waals surface area contributed by atoms with Crippen LogP contribution in [0.1, 0.15) is 19.8 Å². The fraction of sp³-hybridized carbons (Fsp3) is 1.00. The standard InChI is InChI=1S/C12H25N3O2S/c1-12(4-3-5-13-10-12)11-14-6-8-15(9-7-14)18(2,16)17/h13H,3-11H2,1-2H3. The fourth-order valence-corrected chi connectivity index (χ4v) is 3.84. The van der Waals surface area contributed by atoms with Gasteiger partial charge >= 0.3 is 0 Å². The molecule has 106 valence electrons. The molecule has 0 aliphatic carbocycles. The first-order valence-corrected chi connectivity index (χ1v) is 8.62. The van der Waals surface area contributed by atoms with Crippen molar-refractivity contribution in [2.45, 2.75) is 19.8 Å². The van der Waals surface area contributed by atoms with Gasteiger partial charge in [-0.25, -0.2) is 8.42 Å². The van der Waals surface area contributed by atoms with Crippen LogP contribution in [0.4, 0.5) is 0 Å². The Morgan fingerprint density at radius 1 is 1.22 bits per heavy atom. The minimum atomic E-state index is -3.00. The lowest BCUT2D eigenvalue weighted by atomic mass is 9.82. The molecule has 2 aliphatic rings. The number of nitrogens with zero attached hydrogens (tertiary/aromatic N) is 2. The summed E-state index contributed by atoms with van der Waals surface area (Å²) in [6, 6.07) is 0. The van der Waals surface area contributed by atoms with E-state index in [1.807, 2.05) is 0 Å². The molecule has 0 aromatic rings. The number of piperidine rings is 1. The van der Waals surface area contributed by atoms with Crippen LogP contribution >= 0.6 is 0 Å². The minimum absolute atomic E-state index is 0.353. The molecule has 1 atom stereocenters. The SMILES string of the molecule is CC1(CN2CCN(S(C)(=O)=O)CC2)CCCNC1. The molecule has 0 amide bonds. The molecule has 0 saturated carbocycles. The smallest absolute Gasteiger partial charge is 0.211 e. The minimum Gasteiger partial charge on any atom is -0.316 e. The molecule has 2 fully saturated rings. The summed E-state index contributed by atoms with van der Waals surface area (Å²) in [6.07, 6.45) is 3.82. The molecule has 1 N–H and O–H groups in total. The molecular formula is C12H25N3O2S. The topological polar surface area (TPSA) is 52.7 Å². The molecule has 6 heteroatoms. The first kappa shape index (κ1) is 14.2. The molecule has 0 aromatic heterocycles. The summed E-state index contributed by atoms with van der Waals surface area (Å²) < 4.78 is 24.5. The van der Waals surface area contributed by atoms with Crippen molar-refractivity contribution < 1.29 is 8.42 Å². The molecular weight excluding hydrogens is 250 g/mol. The Balaban J connectivity index is 1.83. The largest absolute Gasteiger partial charge is 0.316 e. The van der Waals surface area contributed by atoms with Crippen molar-refractivity contribution in [3.8, 4) is 0 Å². The highest BCUT2D eigenvalue weighted by Crippen LogP contribution is 2.27. The van der Waals surface area contributed by atoms with E-state index in [0.29, 0.717) is 18.5 Å². The van der Waals surface area contributed by atoms with Gasteiger partial charge in [0.1, 0.15) is 0 Å². The second-order valence-electron chi connectivity index (χ2n) is 6.03. The van der Waals surface area contributed by atoms with Crippen molar-refractivity contribution in [1.29, 1.82) is 0 Å². The van der Waals surface area contributed by atoms with Gasteiger partial charge in [0, 0.05) is 39.3 Å². The normalized spacial score (nSPS) is 32.6. The van der Waals surface area contributed by atoms with Gasteiger partial charge in [0.2, 0.25) is 10.0 Å². The Labute approximate surface area is 111 Å². The van der Waals surface area contributed by atoms with Gasteiger partial charge in [-0.15, -0.1) is 0 Å². The van der Waals surface area contributed by atoms with Gasteiger partial charge in [0.05, 0.1) is 6.26 Å². The second kappa shape index (κ2) is 5.45. The highest BCUT2D eigenvalue weighted by Gasteiger charge is 2.31. The molecule has 0 aromatic carbocycles. The molecule has 2 saturated heterocycles. The van der Waals surface area contributed by atoms with E-state index in [1.54, 1.807) is 4.31 Å². The summed E-state index contributed by atoms with van der Waals surface area (Å²) >= 11 is 0. The lowest BCUT2D eigenvalue weighted by molar-refractivity contribution is 0.104. The molecule has 18 heavy (non-hydrogen) atoms. The maximum Gasteiger partial charge on any atom is 0.211 e. The van der Waals surface area contributed by atoms with Gasteiger partial charge in [-0.3, -0.25) is 0 Å². The summed E-state index contributed by atoms with van der Waals surface area (Å²) in [5.74, 6) is 0. The number of sulfonamides is 1. The zero-order valence-corrected chi connectivity index (χ0v) is 12.3. The van der Waals surface area contributed by atoms with Gasteiger partial charge in [-0.1, -0.05) is 6.92 Å². The Morgan fingerprint density at radius 3 is 2.39 bits per heavy atom. The van der Waals surface area contributed by atoms with Crippen LogP contribution in [-0.4, -0.2) is 69.7 Å². The van der Waals surface area contributed by atoms with Crippen molar-refractivity contribution in [2.24, 2.45) is 5.41 Å². The van der Waals surface area contributed by atoms with E-state index < -0.39 is 10.0 Å². The quantitative estimate of drug-likeness (QED) is 0.785. The monoisotopic (exact) mass is 275 g/mol. The zero-order valence-electron chi connectivity index (χ0n) is 11.5. The molecule has 1 unspecified atom stereocenters. The van der Waals surface area contributed by atoms with Crippen molar-refractivity contribution in [2.75, 3.05) is 52.1 Å². The van der Waals surface area contributed by atoms with Crippen molar-refractivity contribution in [3.63, 3.8) is 0 Å². The van der Waals surface area contributed by atoms with Crippen LogP contribution in [0.15, 0.2) is 0 Å². The van der Waals surface area contributed by atoms with Gasteiger partial charge in [-0.2, -0.15) is 4.31 Å². The van der Waals surface area contributed by atoms with E-state index in [9.17, 15) is 8.42 Å². The number of hydrogen-bond acceptors (Lipinski definition) is 4. The number of hydrogen-bond donors (Lipinski definition) is 1. The van der Waals surface area contributed by atoms with Crippen molar-refractivity contribution in [3.05, 3.63) is 0 Å². The predicted octanol–water partition coefficient (Wildman–Crippen LogP) is -0.0467. The summed E-state index contributed by atoms with van der Waals surface area (Å²) in [5, 5.41) is 3.46. The zero-order chi connectivity index (χ0) is 13.2. The number of rotatable bonds is 3. The molecule has 5 nitrogen and oxygen atoms in total. The lowest BCUT2D eigenvalue weighted by Crippen LogP contribution is -2.53. The highest BCUT2D eigenvalue weighted by atomic mass is 32.2. The molecule has 0 bridgehead atoms. The van der Waals surface area contributed by atoms with Crippen LogP contribution < -0.4 is 5.32 Å². The van der Waals surface area contributed by atoms with E-state index in [-0.39, 0.29) is 0 Å². The number of nitrogens with one attached hydrogen (secondary N) is 1. The van der Waals surface area contributed by atoms with Crippen LogP contribution in [0.25, 0.3) is 0 Å². The molecule has 2 heterocycles. The van der Waals surface area contributed by atoms with Crippen LogP contribution in [0.3, 0.4) is 0 Å². The second-order valence-corrected chi connectivity index (χ2v) is 8.01. The van der Waals surface area contributed by atoms with E-state index in [4.69, 9.17) is 0 Å². The summed E-state index contributed by atoms with van der Waals surface area (Å²) in [7, 11) is -3.00. The maximum absolute atomic E-state index is 11.4. The number of piperazine rings is 1. The molecule has 2 aliphatic heterocycles. The third kappa shape index (κ3) is 3.66. The Bertz CT molecular complexity index is 369. The first-order valence-electron chi connectivity index (χ1n) is 6.77.